The highest BCUT2D eigenvalue weighted by Crippen LogP contribution is 2.38. The number of hydrogen-bond donors (Lipinski definition) is 1. The van der Waals surface area contributed by atoms with Crippen LogP contribution in [0.15, 0.2) is 47.0 Å². The quantitative estimate of drug-likeness (QED) is 0.653. The molecule has 2 amide bonds. The van der Waals surface area contributed by atoms with E-state index in [0.717, 1.165) is 30.5 Å². The summed E-state index contributed by atoms with van der Waals surface area (Å²) in [7, 11) is 0. The Kier molecular flexibility index (Phi) is 4.59. The molecule has 0 radical (unpaired) electrons. The number of carbonyl (C=O) groups excluding carboxylic acids is 2. The third kappa shape index (κ3) is 3.27. The van der Waals surface area contributed by atoms with Gasteiger partial charge in [0.25, 0.3) is 5.91 Å². The number of hydrogen-bond acceptors (Lipinski definition) is 4. The molecule has 2 heterocycles. The van der Waals surface area contributed by atoms with Gasteiger partial charge in [-0.1, -0.05) is 41.0 Å². The summed E-state index contributed by atoms with van der Waals surface area (Å²) in [6, 6.07) is 12.9. The molecular formula is C23H20ClN3O3. The zero-order chi connectivity index (χ0) is 20.8. The van der Waals surface area contributed by atoms with E-state index in [1.54, 1.807) is 19.1 Å². The summed E-state index contributed by atoms with van der Waals surface area (Å²) in [5.41, 5.74) is 4.02. The minimum absolute atomic E-state index is 0.159. The van der Waals surface area contributed by atoms with Crippen LogP contribution in [-0.4, -0.2) is 23.5 Å². The average molecular weight is 422 g/mol. The molecule has 0 bridgehead atoms. The maximum absolute atomic E-state index is 13.1. The summed E-state index contributed by atoms with van der Waals surface area (Å²) < 4.78 is 5.30. The molecule has 2 aliphatic rings. The number of rotatable bonds is 4. The van der Waals surface area contributed by atoms with E-state index in [1.165, 1.54) is 0 Å². The van der Waals surface area contributed by atoms with Crippen molar-refractivity contribution in [3.05, 3.63) is 64.4 Å². The Balaban J connectivity index is 1.44. The van der Waals surface area contributed by atoms with Gasteiger partial charge in [-0.05, 0) is 49.9 Å². The van der Waals surface area contributed by atoms with E-state index < -0.39 is 0 Å². The topological polar surface area (TPSA) is 75.4 Å². The Labute approximate surface area is 178 Å². The molecule has 0 saturated heterocycles. The Morgan fingerprint density at radius 3 is 2.77 bits per heavy atom. The third-order valence-electron chi connectivity index (χ3n) is 5.65. The van der Waals surface area contributed by atoms with Crippen LogP contribution >= 0.6 is 11.6 Å². The first-order valence-electron chi connectivity index (χ1n) is 10.00. The molecule has 1 fully saturated rings. The van der Waals surface area contributed by atoms with Gasteiger partial charge in [-0.15, -0.1) is 0 Å². The first-order chi connectivity index (χ1) is 14.5. The molecule has 3 aromatic rings. The molecular weight excluding hydrogens is 402 g/mol. The first-order valence-corrected chi connectivity index (χ1v) is 10.4. The molecule has 7 heteroatoms. The van der Waals surface area contributed by atoms with Crippen molar-refractivity contribution >= 4 is 34.8 Å². The van der Waals surface area contributed by atoms with Gasteiger partial charge in [-0.25, -0.2) is 0 Å². The molecule has 30 heavy (non-hydrogen) atoms. The molecule has 2 aromatic carbocycles. The van der Waals surface area contributed by atoms with Crippen molar-refractivity contribution < 1.29 is 14.1 Å². The third-order valence-corrected chi connectivity index (χ3v) is 5.98. The van der Waals surface area contributed by atoms with Gasteiger partial charge in [0.15, 0.2) is 0 Å². The van der Waals surface area contributed by atoms with Crippen molar-refractivity contribution in [2.24, 2.45) is 5.92 Å². The molecule has 1 aliphatic carbocycles. The number of fused-ring (bicyclic) bond motifs is 1. The molecule has 5 rings (SSSR count). The van der Waals surface area contributed by atoms with Gasteiger partial charge >= 0.3 is 0 Å². The fourth-order valence-electron chi connectivity index (χ4n) is 3.91. The maximum atomic E-state index is 13.1. The van der Waals surface area contributed by atoms with Crippen molar-refractivity contribution in [3.8, 4) is 11.3 Å². The Hall–Kier alpha value is -3.12. The monoisotopic (exact) mass is 421 g/mol. The number of halogens is 1. The molecule has 0 atom stereocenters. The molecule has 1 aromatic heterocycles. The van der Waals surface area contributed by atoms with Gasteiger partial charge in [0.1, 0.15) is 17.0 Å². The summed E-state index contributed by atoms with van der Waals surface area (Å²) in [5.74, 6) is 0.427. The van der Waals surface area contributed by atoms with Gasteiger partial charge < -0.3 is 14.7 Å². The van der Waals surface area contributed by atoms with Gasteiger partial charge in [0.2, 0.25) is 5.91 Å². The summed E-state index contributed by atoms with van der Waals surface area (Å²) in [5, 5.41) is 7.48. The summed E-state index contributed by atoms with van der Waals surface area (Å²) in [6.45, 7) is 2.39. The highest BCUT2D eigenvalue weighted by Gasteiger charge is 2.36. The fourth-order valence-corrected chi connectivity index (χ4v) is 4.13. The van der Waals surface area contributed by atoms with E-state index >= 15 is 0 Å². The van der Waals surface area contributed by atoms with E-state index in [0.29, 0.717) is 39.8 Å². The van der Waals surface area contributed by atoms with Crippen molar-refractivity contribution in [1.29, 1.82) is 0 Å². The predicted octanol–water partition coefficient (Wildman–Crippen LogP) is 4.85. The number of nitrogens with one attached hydrogen (secondary N) is 1. The molecule has 6 nitrogen and oxygen atoms in total. The molecule has 0 spiro atoms. The van der Waals surface area contributed by atoms with Crippen molar-refractivity contribution in [2.75, 3.05) is 16.8 Å². The van der Waals surface area contributed by atoms with Crippen LogP contribution in [0.1, 0.15) is 34.5 Å². The van der Waals surface area contributed by atoms with Crippen LogP contribution in [0.25, 0.3) is 11.3 Å². The van der Waals surface area contributed by atoms with E-state index in [9.17, 15) is 9.59 Å². The standard InChI is InChI=1S/C23H20ClN3O3/c1-13-20(21(26-30-13)17-4-2-3-5-18(17)24)22(28)25-16-9-8-14-10-11-27(19(14)12-16)23(29)15-6-7-15/h2-5,8-9,12,15H,6-7,10-11H2,1H3,(H,25,28). The van der Waals surface area contributed by atoms with Crippen LogP contribution < -0.4 is 10.2 Å². The van der Waals surface area contributed by atoms with E-state index in [1.807, 2.05) is 35.2 Å². The van der Waals surface area contributed by atoms with Crippen molar-refractivity contribution in [1.82, 2.24) is 5.16 Å². The lowest BCUT2D eigenvalue weighted by Crippen LogP contribution is -2.30. The number of carbonyl (C=O) groups is 2. The average Bonchev–Trinajstić information content (AvgIpc) is 3.40. The number of amides is 2. The van der Waals surface area contributed by atoms with Gasteiger partial charge in [-0.2, -0.15) is 0 Å². The van der Waals surface area contributed by atoms with Crippen molar-refractivity contribution in [2.45, 2.75) is 26.2 Å². The molecule has 1 saturated carbocycles. The maximum Gasteiger partial charge on any atom is 0.261 e. The highest BCUT2D eigenvalue weighted by atomic mass is 35.5. The number of anilines is 2. The van der Waals surface area contributed by atoms with Crippen LogP contribution in [0.3, 0.4) is 0 Å². The lowest BCUT2D eigenvalue weighted by atomic mass is 10.1. The van der Waals surface area contributed by atoms with E-state index in [-0.39, 0.29) is 17.7 Å². The number of nitrogens with zero attached hydrogens (tertiary/aromatic N) is 2. The molecule has 0 unspecified atom stereocenters. The van der Waals surface area contributed by atoms with Crippen LogP contribution in [0.4, 0.5) is 11.4 Å². The van der Waals surface area contributed by atoms with Crippen LogP contribution in [0.5, 0.6) is 0 Å². The van der Waals surface area contributed by atoms with E-state index in [4.69, 9.17) is 16.1 Å². The SMILES string of the molecule is Cc1onc(-c2ccccc2Cl)c1C(=O)Nc1ccc2c(c1)N(C(=O)C1CC1)CC2. The minimum Gasteiger partial charge on any atom is -0.360 e. The first kappa shape index (κ1) is 18.9. The predicted molar refractivity (Wildman–Crippen MR) is 115 cm³/mol. The van der Waals surface area contributed by atoms with Crippen LogP contribution in [0.2, 0.25) is 5.02 Å². The largest absolute Gasteiger partial charge is 0.360 e. The normalized spacial score (nSPS) is 15.2. The second kappa shape index (κ2) is 7.29. The smallest absolute Gasteiger partial charge is 0.261 e. The summed E-state index contributed by atoms with van der Waals surface area (Å²) in [4.78, 5) is 27.5. The Bertz CT molecular complexity index is 1170. The number of aryl methyl sites for hydroxylation is 1. The van der Waals surface area contributed by atoms with Gasteiger partial charge in [0, 0.05) is 29.4 Å². The molecule has 1 aliphatic heterocycles. The molecule has 1 N–H and O–H groups in total. The second-order valence-corrected chi connectivity index (χ2v) is 8.16. The number of benzene rings is 2. The van der Waals surface area contributed by atoms with Crippen LogP contribution in [0, 0.1) is 12.8 Å². The van der Waals surface area contributed by atoms with E-state index in [2.05, 4.69) is 10.5 Å². The fraction of sp³-hybridized carbons (Fsp3) is 0.261. The zero-order valence-corrected chi connectivity index (χ0v) is 17.2. The molecule has 152 valence electrons. The minimum atomic E-state index is -0.332. The van der Waals surface area contributed by atoms with Crippen LogP contribution in [-0.2, 0) is 11.2 Å². The lowest BCUT2D eigenvalue weighted by Gasteiger charge is -2.18. The lowest BCUT2D eigenvalue weighted by molar-refractivity contribution is -0.119. The second-order valence-electron chi connectivity index (χ2n) is 7.75. The van der Waals surface area contributed by atoms with Gasteiger partial charge in [0.05, 0.1) is 5.02 Å². The summed E-state index contributed by atoms with van der Waals surface area (Å²) >= 11 is 6.29. The van der Waals surface area contributed by atoms with Crippen molar-refractivity contribution in [3.63, 3.8) is 0 Å². The van der Waals surface area contributed by atoms with Gasteiger partial charge in [-0.3, -0.25) is 9.59 Å². The Morgan fingerprint density at radius 1 is 1.20 bits per heavy atom. The number of aromatic nitrogens is 1. The summed E-state index contributed by atoms with van der Waals surface area (Å²) in [6.07, 6.45) is 2.78. The zero-order valence-electron chi connectivity index (χ0n) is 16.4. The Morgan fingerprint density at radius 2 is 2.00 bits per heavy atom. The highest BCUT2D eigenvalue weighted by molar-refractivity contribution is 6.33.